The molecule has 2 N–H and O–H groups in total. The third-order valence-corrected chi connectivity index (χ3v) is 5.62. The first-order chi connectivity index (χ1) is 16.8. The van der Waals surface area contributed by atoms with Crippen molar-refractivity contribution in [2.75, 3.05) is 20.8 Å². The highest BCUT2D eigenvalue weighted by atomic mass is 35.5. The molecule has 9 heteroatoms. The Bertz CT molecular complexity index is 1180. The number of rotatable bonds is 9. The van der Waals surface area contributed by atoms with Crippen molar-refractivity contribution in [3.8, 4) is 0 Å². The second-order valence-corrected chi connectivity index (χ2v) is 8.08. The number of allylic oxidation sites excluding steroid dienone is 1. The molecule has 184 valence electrons. The minimum absolute atomic E-state index is 0.0270. The highest BCUT2D eigenvalue weighted by Crippen LogP contribution is 2.40. The van der Waals surface area contributed by atoms with E-state index in [4.69, 9.17) is 25.8 Å². The van der Waals surface area contributed by atoms with Crippen LogP contribution in [0.1, 0.15) is 24.0 Å². The predicted molar refractivity (Wildman–Crippen MR) is 129 cm³/mol. The first-order valence-electron chi connectivity index (χ1n) is 10.6. The topological polar surface area (TPSA) is 94.1 Å². The maximum atomic E-state index is 13.4. The molecule has 0 saturated carbocycles. The molecule has 1 atom stereocenters. The van der Waals surface area contributed by atoms with E-state index in [9.17, 15) is 19.1 Å². The van der Waals surface area contributed by atoms with Crippen LogP contribution in [0.2, 0.25) is 5.02 Å². The van der Waals surface area contributed by atoms with E-state index in [1.165, 1.54) is 26.4 Å². The Hall–Kier alpha value is -3.46. The fourth-order valence-electron chi connectivity index (χ4n) is 3.86. The van der Waals surface area contributed by atoms with E-state index >= 15 is 0 Å². The molecular weight excluding hydrogens is 477 g/mol. The monoisotopic (exact) mass is 501 g/mol. The van der Waals surface area contributed by atoms with E-state index in [1.54, 1.807) is 55.5 Å². The van der Waals surface area contributed by atoms with Crippen LogP contribution in [0.5, 0.6) is 0 Å². The summed E-state index contributed by atoms with van der Waals surface area (Å²) in [6.07, 6.45) is 2.29. The van der Waals surface area contributed by atoms with Crippen molar-refractivity contribution in [2.45, 2.75) is 19.1 Å². The number of methoxy groups -OCH3 is 2. The number of halogens is 2. The third-order valence-electron chi connectivity index (χ3n) is 5.38. The molecule has 3 rings (SSSR count). The van der Waals surface area contributed by atoms with Gasteiger partial charge in [0.2, 0.25) is 0 Å². The van der Waals surface area contributed by atoms with Crippen LogP contribution in [0.15, 0.2) is 77.1 Å². The standard InChI is InChI=1S/C26H25ClFNO6/c1-15-20(24(30)31)21(17-7-4-8-18(27)14-17)22(23(29-15)26(33-2)34-3)25(32)35-13-5-6-16-9-11-19(28)12-10-16/h4-12,14,21,26,29H,13H2,1-3H3,(H,30,31)/b6-5+. The van der Waals surface area contributed by atoms with Gasteiger partial charge in [-0.2, -0.15) is 0 Å². The van der Waals surface area contributed by atoms with Crippen LogP contribution < -0.4 is 5.32 Å². The second-order valence-electron chi connectivity index (χ2n) is 7.64. The van der Waals surface area contributed by atoms with E-state index < -0.39 is 24.1 Å². The molecule has 0 fully saturated rings. The lowest BCUT2D eigenvalue weighted by molar-refractivity contribution is -0.139. The molecule has 0 radical (unpaired) electrons. The molecule has 7 nitrogen and oxygen atoms in total. The zero-order valence-corrected chi connectivity index (χ0v) is 20.1. The average Bonchev–Trinajstić information content (AvgIpc) is 2.83. The molecule has 2 aromatic carbocycles. The Balaban J connectivity index is 2.01. The van der Waals surface area contributed by atoms with Gasteiger partial charge in [-0.05, 0) is 48.4 Å². The number of hydrogen-bond donors (Lipinski definition) is 2. The largest absolute Gasteiger partial charge is 0.478 e. The summed E-state index contributed by atoms with van der Waals surface area (Å²) in [7, 11) is 2.80. The quantitative estimate of drug-likeness (QED) is 0.381. The van der Waals surface area contributed by atoms with Crippen LogP contribution in [0.4, 0.5) is 4.39 Å². The molecule has 0 bridgehead atoms. The summed E-state index contributed by atoms with van der Waals surface area (Å²) in [6.45, 7) is 1.49. The number of benzene rings is 2. The van der Waals surface area contributed by atoms with E-state index in [-0.39, 0.29) is 29.3 Å². The summed E-state index contributed by atoms with van der Waals surface area (Å²) in [5.41, 5.74) is 1.77. The van der Waals surface area contributed by atoms with Crippen molar-refractivity contribution < 1.29 is 33.3 Å². The molecule has 1 heterocycles. The molecule has 35 heavy (non-hydrogen) atoms. The number of carbonyl (C=O) groups is 2. The molecule has 0 aliphatic carbocycles. The minimum atomic E-state index is -1.20. The molecule has 0 saturated heterocycles. The maximum Gasteiger partial charge on any atom is 0.337 e. The van der Waals surface area contributed by atoms with Gasteiger partial charge in [0, 0.05) is 24.9 Å². The number of carboxylic acids is 1. The summed E-state index contributed by atoms with van der Waals surface area (Å²) < 4.78 is 29.3. The van der Waals surface area contributed by atoms with Gasteiger partial charge in [-0.15, -0.1) is 0 Å². The summed E-state index contributed by atoms with van der Waals surface area (Å²) in [5, 5.41) is 13.3. The van der Waals surface area contributed by atoms with Gasteiger partial charge in [-0.1, -0.05) is 41.9 Å². The first kappa shape index (κ1) is 26.2. The number of esters is 1. The molecular formula is C26H25ClFNO6. The van der Waals surface area contributed by atoms with Gasteiger partial charge in [0.25, 0.3) is 0 Å². The molecule has 1 unspecified atom stereocenters. The number of aliphatic carboxylic acids is 1. The lowest BCUT2D eigenvalue weighted by Crippen LogP contribution is -2.38. The molecule has 0 amide bonds. The molecule has 2 aromatic rings. The van der Waals surface area contributed by atoms with Gasteiger partial charge in [-0.3, -0.25) is 0 Å². The summed E-state index contributed by atoms with van der Waals surface area (Å²) in [5.74, 6) is -3.31. The van der Waals surface area contributed by atoms with E-state index in [0.29, 0.717) is 16.3 Å². The van der Waals surface area contributed by atoms with E-state index in [1.807, 2.05) is 0 Å². The van der Waals surface area contributed by atoms with Crippen LogP contribution in [-0.2, 0) is 23.8 Å². The van der Waals surface area contributed by atoms with Gasteiger partial charge in [0.1, 0.15) is 12.4 Å². The molecule has 1 aliphatic heterocycles. The van der Waals surface area contributed by atoms with E-state index in [2.05, 4.69) is 5.32 Å². The second kappa shape index (κ2) is 11.8. The number of nitrogens with one attached hydrogen (secondary N) is 1. The van der Waals surface area contributed by atoms with Gasteiger partial charge in [0.05, 0.1) is 22.8 Å². The number of carbonyl (C=O) groups excluding carboxylic acids is 1. The highest BCUT2D eigenvalue weighted by Gasteiger charge is 2.40. The minimum Gasteiger partial charge on any atom is -0.478 e. The Morgan fingerprint density at radius 3 is 2.43 bits per heavy atom. The van der Waals surface area contributed by atoms with Crippen molar-refractivity contribution in [2.24, 2.45) is 0 Å². The zero-order valence-electron chi connectivity index (χ0n) is 19.4. The molecule has 0 aromatic heterocycles. The zero-order chi connectivity index (χ0) is 25.5. The smallest absolute Gasteiger partial charge is 0.337 e. The van der Waals surface area contributed by atoms with Gasteiger partial charge >= 0.3 is 11.9 Å². The van der Waals surface area contributed by atoms with E-state index in [0.717, 1.165) is 5.56 Å². The molecule has 1 aliphatic rings. The van der Waals surface area contributed by atoms with Gasteiger partial charge in [0.15, 0.2) is 6.29 Å². The van der Waals surface area contributed by atoms with Crippen LogP contribution in [0, 0.1) is 5.82 Å². The summed E-state index contributed by atoms with van der Waals surface area (Å²) in [4.78, 5) is 25.6. The predicted octanol–water partition coefficient (Wildman–Crippen LogP) is 4.65. The maximum absolute atomic E-state index is 13.4. The van der Waals surface area contributed by atoms with Crippen molar-refractivity contribution >= 4 is 29.6 Å². The lowest BCUT2D eigenvalue weighted by atomic mass is 9.80. The van der Waals surface area contributed by atoms with Crippen molar-refractivity contribution in [1.29, 1.82) is 0 Å². The lowest BCUT2D eigenvalue weighted by Gasteiger charge is -2.33. The normalized spacial score (nSPS) is 16.1. The van der Waals surface area contributed by atoms with Crippen LogP contribution in [0.25, 0.3) is 6.08 Å². The number of hydrogen-bond acceptors (Lipinski definition) is 6. The molecule has 0 spiro atoms. The Kier molecular flexibility index (Phi) is 8.81. The number of dihydropyridines is 1. The van der Waals surface area contributed by atoms with Crippen molar-refractivity contribution in [1.82, 2.24) is 5.32 Å². The Labute approximate surface area is 207 Å². The van der Waals surface area contributed by atoms with Crippen LogP contribution in [0.3, 0.4) is 0 Å². The summed E-state index contributed by atoms with van der Waals surface area (Å²) >= 11 is 6.19. The van der Waals surface area contributed by atoms with Crippen LogP contribution >= 0.6 is 11.6 Å². The van der Waals surface area contributed by atoms with Gasteiger partial charge < -0.3 is 24.6 Å². The summed E-state index contributed by atoms with van der Waals surface area (Å²) in [6, 6.07) is 12.4. The highest BCUT2D eigenvalue weighted by molar-refractivity contribution is 6.30. The van der Waals surface area contributed by atoms with Crippen LogP contribution in [-0.4, -0.2) is 44.2 Å². The average molecular weight is 502 g/mol. The Morgan fingerprint density at radius 1 is 1.14 bits per heavy atom. The third kappa shape index (κ3) is 6.16. The van der Waals surface area contributed by atoms with Crippen molar-refractivity contribution in [3.63, 3.8) is 0 Å². The van der Waals surface area contributed by atoms with Crippen molar-refractivity contribution in [3.05, 3.63) is 99.1 Å². The van der Waals surface area contributed by atoms with Gasteiger partial charge in [-0.25, -0.2) is 14.0 Å². The fourth-order valence-corrected chi connectivity index (χ4v) is 4.06. The SMILES string of the molecule is COC(OC)C1=C(C(=O)OC/C=C/c2ccc(F)cc2)C(c2cccc(Cl)c2)C(C(=O)O)=C(C)N1. The first-order valence-corrected chi connectivity index (χ1v) is 11.0. The fraction of sp³-hybridized carbons (Fsp3) is 0.231. The number of carboxylic acid groups (broad SMARTS) is 1. The number of ether oxygens (including phenoxy) is 3. The Morgan fingerprint density at radius 2 is 1.83 bits per heavy atom.